The molecule has 94 valence electrons. The van der Waals surface area contributed by atoms with Crippen LogP contribution in [-0.4, -0.2) is 50.6 Å². The zero-order valence-electron chi connectivity index (χ0n) is 9.78. The zero-order chi connectivity index (χ0) is 11.8. The Hall–Kier alpha value is -0.650. The lowest BCUT2D eigenvalue weighted by Gasteiger charge is -2.28. The molecule has 2 unspecified atom stereocenters. The standard InChI is InChI=1S/C11H21NO4/c1-2-16-11(14)8-15-7-10-3-9(6-13)4-12-5-10/h9-10,12-13H,2-8H2,1H3. The van der Waals surface area contributed by atoms with Gasteiger partial charge in [-0.25, -0.2) is 4.79 Å². The van der Waals surface area contributed by atoms with Gasteiger partial charge in [0.2, 0.25) is 0 Å². The monoisotopic (exact) mass is 231 g/mol. The van der Waals surface area contributed by atoms with E-state index >= 15 is 0 Å². The molecule has 0 aromatic rings. The summed E-state index contributed by atoms with van der Waals surface area (Å²) in [7, 11) is 0. The zero-order valence-corrected chi connectivity index (χ0v) is 9.78. The predicted octanol–water partition coefficient (Wildman–Crippen LogP) is -0.216. The number of hydrogen-bond acceptors (Lipinski definition) is 5. The van der Waals surface area contributed by atoms with E-state index in [1.54, 1.807) is 6.92 Å². The number of carbonyl (C=O) groups is 1. The summed E-state index contributed by atoms with van der Waals surface area (Å²) in [5.41, 5.74) is 0. The molecule has 0 saturated carbocycles. The lowest BCUT2D eigenvalue weighted by atomic mass is 9.92. The molecule has 2 atom stereocenters. The van der Waals surface area contributed by atoms with Crippen LogP contribution in [-0.2, 0) is 14.3 Å². The van der Waals surface area contributed by atoms with Gasteiger partial charge >= 0.3 is 5.97 Å². The Bertz CT molecular complexity index is 210. The third-order valence-corrected chi connectivity index (χ3v) is 2.67. The van der Waals surface area contributed by atoms with Crippen molar-refractivity contribution in [2.24, 2.45) is 11.8 Å². The number of ether oxygens (including phenoxy) is 2. The van der Waals surface area contributed by atoms with Gasteiger partial charge in [0.25, 0.3) is 0 Å². The molecule has 5 nitrogen and oxygen atoms in total. The van der Waals surface area contributed by atoms with Crippen LogP contribution in [0.3, 0.4) is 0 Å². The van der Waals surface area contributed by atoms with Crippen LogP contribution in [0.2, 0.25) is 0 Å². The Balaban J connectivity index is 2.10. The Morgan fingerprint density at radius 2 is 2.19 bits per heavy atom. The van der Waals surface area contributed by atoms with Crippen molar-refractivity contribution in [2.75, 3.05) is 39.5 Å². The minimum absolute atomic E-state index is 0.0220. The number of carbonyl (C=O) groups excluding carboxylic acids is 1. The molecule has 1 heterocycles. The summed E-state index contributed by atoms with van der Waals surface area (Å²) in [6.45, 7) is 4.69. The van der Waals surface area contributed by atoms with Gasteiger partial charge in [-0.05, 0) is 25.2 Å². The molecule has 1 aliphatic heterocycles. The molecule has 1 fully saturated rings. The summed E-state index contributed by atoms with van der Waals surface area (Å²) in [5.74, 6) is 0.371. The summed E-state index contributed by atoms with van der Waals surface area (Å²) >= 11 is 0. The van der Waals surface area contributed by atoms with Crippen molar-refractivity contribution in [2.45, 2.75) is 13.3 Å². The molecular formula is C11H21NO4. The van der Waals surface area contributed by atoms with Gasteiger partial charge in [-0.15, -0.1) is 0 Å². The van der Waals surface area contributed by atoms with Crippen LogP contribution in [0, 0.1) is 11.8 Å². The molecule has 0 aromatic heterocycles. The highest BCUT2D eigenvalue weighted by Gasteiger charge is 2.21. The smallest absolute Gasteiger partial charge is 0.332 e. The second-order valence-electron chi connectivity index (χ2n) is 4.13. The molecule has 0 bridgehead atoms. The van der Waals surface area contributed by atoms with E-state index in [2.05, 4.69) is 5.32 Å². The molecular weight excluding hydrogens is 210 g/mol. The highest BCUT2D eigenvalue weighted by molar-refractivity contribution is 5.70. The maximum absolute atomic E-state index is 11.0. The van der Waals surface area contributed by atoms with Crippen LogP contribution in [0.5, 0.6) is 0 Å². The summed E-state index contributed by atoms with van der Waals surface area (Å²) < 4.78 is 10.0. The number of rotatable bonds is 6. The van der Waals surface area contributed by atoms with Gasteiger partial charge in [0.1, 0.15) is 6.61 Å². The van der Waals surface area contributed by atoms with Crippen molar-refractivity contribution in [1.29, 1.82) is 0 Å². The minimum Gasteiger partial charge on any atom is -0.464 e. The van der Waals surface area contributed by atoms with E-state index in [0.717, 1.165) is 19.5 Å². The predicted molar refractivity (Wildman–Crippen MR) is 59.0 cm³/mol. The van der Waals surface area contributed by atoms with Gasteiger partial charge in [0, 0.05) is 19.7 Å². The lowest BCUT2D eigenvalue weighted by molar-refractivity contribution is -0.149. The van der Waals surface area contributed by atoms with Gasteiger partial charge in [-0.2, -0.15) is 0 Å². The van der Waals surface area contributed by atoms with Crippen LogP contribution in [0.25, 0.3) is 0 Å². The van der Waals surface area contributed by atoms with Crippen LogP contribution in [0.1, 0.15) is 13.3 Å². The Labute approximate surface area is 96.1 Å². The number of nitrogens with one attached hydrogen (secondary N) is 1. The first-order chi connectivity index (χ1) is 7.76. The quantitative estimate of drug-likeness (QED) is 0.619. The normalized spacial score (nSPS) is 25.4. The van der Waals surface area contributed by atoms with Crippen molar-refractivity contribution in [3.63, 3.8) is 0 Å². The van der Waals surface area contributed by atoms with Crippen molar-refractivity contribution in [3.8, 4) is 0 Å². The molecule has 5 heteroatoms. The first kappa shape index (κ1) is 13.4. The fourth-order valence-corrected chi connectivity index (χ4v) is 1.91. The Morgan fingerprint density at radius 3 is 2.88 bits per heavy atom. The topological polar surface area (TPSA) is 67.8 Å². The molecule has 0 aliphatic carbocycles. The van der Waals surface area contributed by atoms with Gasteiger partial charge in [-0.1, -0.05) is 0 Å². The number of aliphatic hydroxyl groups is 1. The molecule has 1 saturated heterocycles. The SMILES string of the molecule is CCOC(=O)COCC1CNCC(CO)C1. The van der Waals surface area contributed by atoms with Gasteiger partial charge in [-0.3, -0.25) is 0 Å². The number of piperidine rings is 1. The molecule has 0 radical (unpaired) electrons. The van der Waals surface area contributed by atoms with Crippen molar-refractivity contribution >= 4 is 5.97 Å². The number of esters is 1. The molecule has 0 aromatic carbocycles. The molecule has 0 spiro atoms. The second-order valence-corrected chi connectivity index (χ2v) is 4.13. The van der Waals surface area contributed by atoms with E-state index in [9.17, 15) is 4.79 Å². The summed E-state index contributed by atoms with van der Waals surface area (Å²) in [6.07, 6.45) is 0.951. The average molecular weight is 231 g/mol. The molecule has 2 N–H and O–H groups in total. The van der Waals surface area contributed by atoms with E-state index in [1.807, 2.05) is 0 Å². The largest absolute Gasteiger partial charge is 0.464 e. The Morgan fingerprint density at radius 1 is 1.44 bits per heavy atom. The minimum atomic E-state index is -0.315. The second kappa shape index (κ2) is 7.60. The van der Waals surface area contributed by atoms with Crippen molar-refractivity contribution in [3.05, 3.63) is 0 Å². The number of aliphatic hydroxyl groups excluding tert-OH is 1. The van der Waals surface area contributed by atoms with Gasteiger partial charge in [0.15, 0.2) is 0 Å². The third kappa shape index (κ3) is 4.92. The molecule has 16 heavy (non-hydrogen) atoms. The Kier molecular flexibility index (Phi) is 6.37. The van der Waals surface area contributed by atoms with Gasteiger partial charge < -0.3 is 19.9 Å². The highest BCUT2D eigenvalue weighted by Crippen LogP contribution is 2.16. The van der Waals surface area contributed by atoms with E-state index in [0.29, 0.717) is 25.0 Å². The number of hydrogen-bond donors (Lipinski definition) is 2. The van der Waals surface area contributed by atoms with Crippen LogP contribution in [0.15, 0.2) is 0 Å². The molecule has 0 amide bonds. The van der Waals surface area contributed by atoms with E-state index in [4.69, 9.17) is 14.6 Å². The fourth-order valence-electron chi connectivity index (χ4n) is 1.91. The third-order valence-electron chi connectivity index (χ3n) is 2.67. The van der Waals surface area contributed by atoms with Gasteiger partial charge in [0.05, 0.1) is 13.2 Å². The maximum Gasteiger partial charge on any atom is 0.332 e. The van der Waals surface area contributed by atoms with Crippen LogP contribution < -0.4 is 5.32 Å². The lowest BCUT2D eigenvalue weighted by Crippen LogP contribution is -2.39. The van der Waals surface area contributed by atoms with Crippen molar-refractivity contribution < 1.29 is 19.4 Å². The first-order valence-corrected chi connectivity index (χ1v) is 5.81. The van der Waals surface area contributed by atoms with E-state index in [-0.39, 0.29) is 19.2 Å². The summed E-state index contributed by atoms with van der Waals surface area (Å²) in [5, 5.41) is 12.3. The first-order valence-electron chi connectivity index (χ1n) is 5.81. The fraction of sp³-hybridized carbons (Fsp3) is 0.909. The van der Waals surface area contributed by atoms with E-state index in [1.165, 1.54) is 0 Å². The summed E-state index contributed by atoms with van der Waals surface area (Å²) in [6, 6.07) is 0. The highest BCUT2D eigenvalue weighted by atomic mass is 16.6. The maximum atomic E-state index is 11.0. The average Bonchev–Trinajstić information content (AvgIpc) is 2.30. The van der Waals surface area contributed by atoms with Crippen LogP contribution >= 0.6 is 0 Å². The van der Waals surface area contributed by atoms with Crippen molar-refractivity contribution in [1.82, 2.24) is 5.32 Å². The molecule has 1 rings (SSSR count). The van der Waals surface area contributed by atoms with Crippen LogP contribution in [0.4, 0.5) is 0 Å². The summed E-state index contributed by atoms with van der Waals surface area (Å²) in [4.78, 5) is 11.0. The van der Waals surface area contributed by atoms with E-state index < -0.39 is 0 Å². The molecule has 1 aliphatic rings.